The Morgan fingerprint density at radius 2 is 2.20 bits per heavy atom. The van der Waals surface area contributed by atoms with E-state index in [1.807, 2.05) is 35.5 Å². The van der Waals surface area contributed by atoms with E-state index in [4.69, 9.17) is 4.74 Å². The topological polar surface area (TPSA) is 109 Å². The number of hydrogen-bond donors (Lipinski definition) is 1. The summed E-state index contributed by atoms with van der Waals surface area (Å²) >= 11 is 1.30. The molecule has 0 saturated heterocycles. The molecule has 1 N–H and O–H groups in total. The molecule has 2 aliphatic rings. The maximum absolute atomic E-state index is 12.5. The molecule has 10 heteroatoms. The summed E-state index contributed by atoms with van der Waals surface area (Å²) in [5.74, 6) is -0.0327. The largest absolute Gasteiger partial charge is 0.490 e. The molecular weight excluding hydrogens is 406 g/mol. The normalized spacial score (nSPS) is 16.5. The molecule has 2 heterocycles. The van der Waals surface area contributed by atoms with Crippen molar-refractivity contribution < 1.29 is 14.5 Å². The van der Waals surface area contributed by atoms with Crippen molar-refractivity contribution >= 4 is 46.1 Å². The summed E-state index contributed by atoms with van der Waals surface area (Å²) in [7, 11) is 1.35. The van der Waals surface area contributed by atoms with Crippen molar-refractivity contribution in [1.29, 1.82) is 0 Å². The second kappa shape index (κ2) is 8.15. The van der Waals surface area contributed by atoms with Crippen LogP contribution in [0.1, 0.15) is 23.6 Å². The van der Waals surface area contributed by atoms with Gasteiger partial charge in [0.05, 0.1) is 29.5 Å². The number of nitro benzene ring substituents is 1. The number of hydrogen-bond acceptors (Lipinski definition) is 8. The Balaban J connectivity index is 1.47. The summed E-state index contributed by atoms with van der Waals surface area (Å²) in [4.78, 5) is 27.8. The Kier molecular flexibility index (Phi) is 5.40. The van der Waals surface area contributed by atoms with Crippen molar-refractivity contribution in [2.75, 3.05) is 18.2 Å². The molecule has 1 unspecified atom stereocenters. The number of carbonyl (C=O) groups is 1. The Hall–Kier alpha value is -3.40. The lowest BCUT2D eigenvalue weighted by Crippen LogP contribution is -2.29. The molecular formula is C20H19N5O4S. The number of nitrogens with zero attached hydrogens (tertiary/aromatic N) is 4. The third-order valence-electron chi connectivity index (χ3n) is 4.87. The number of nitrogens with one attached hydrogen (secondary N) is 1. The molecule has 1 atom stereocenters. The highest BCUT2D eigenvalue weighted by molar-refractivity contribution is 8.14. The second-order valence-electron chi connectivity index (χ2n) is 6.78. The van der Waals surface area contributed by atoms with Crippen molar-refractivity contribution in [3.05, 3.63) is 57.6 Å². The standard InChI is InChI=1S/C20H19N5O4S/c1-12-9-17(25(27)28)18(29-2)10-15(12)22-19(26)11-30-20-23-14-6-4-3-5-13(14)16-7-8-21-24(16)20/h3-6,8-10,16H,7,11H2,1-2H3,(H,22,26). The van der Waals surface area contributed by atoms with Crippen LogP contribution in [0.15, 0.2) is 46.5 Å². The van der Waals surface area contributed by atoms with Gasteiger partial charge < -0.3 is 10.1 Å². The van der Waals surface area contributed by atoms with Crippen LogP contribution in [-0.2, 0) is 4.79 Å². The molecule has 2 aromatic rings. The highest BCUT2D eigenvalue weighted by Gasteiger charge is 2.32. The molecule has 0 aliphatic carbocycles. The summed E-state index contributed by atoms with van der Waals surface area (Å²) in [6, 6.07) is 10.9. The molecule has 154 valence electrons. The van der Waals surface area contributed by atoms with Gasteiger partial charge in [0.2, 0.25) is 5.91 Å². The molecule has 0 radical (unpaired) electrons. The number of benzene rings is 2. The van der Waals surface area contributed by atoms with Crippen LogP contribution >= 0.6 is 11.8 Å². The monoisotopic (exact) mass is 425 g/mol. The van der Waals surface area contributed by atoms with Crippen LogP contribution in [0.5, 0.6) is 5.75 Å². The molecule has 9 nitrogen and oxygen atoms in total. The van der Waals surface area contributed by atoms with E-state index < -0.39 is 4.92 Å². The fraction of sp³-hybridized carbons (Fsp3) is 0.250. The Labute approximate surface area is 177 Å². The van der Waals surface area contributed by atoms with Crippen molar-refractivity contribution in [1.82, 2.24) is 5.01 Å². The first-order chi connectivity index (χ1) is 14.5. The van der Waals surface area contributed by atoms with E-state index in [0.717, 1.165) is 17.7 Å². The maximum Gasteiger partial charge on any atom is 0.311 e. The smallest absolute Gasteiger partial charge is 0.311 e. The van der Waals surface area contributed by atoms with Crippen molar-refractivity contribution in [3.63, 3.8) is 0 Å². The number of anilines is 1. The Morgan fingerprint density at radius 3 is 2.97 bits per heavy atom. The van der Waals surface area contributed by atoms with Gasteiger partial charge in [-0.3, -0.25) is 14.9 Å². The van der Waals surface area contributed by atoms with E-state index in [1.54, 1.807) is 6.92 Å². The number of thioether (sulfide) groups is 1. The zero-order valence-corrected chi connectivity index (χ0v) is 17.2. The molecule has 1 amide bonds. The number of fused-ring (bicyclic) bond motifs is 3. The molecule has 2 aromatic carbocycles. The minimum atomic E-state index is -0.515. The van der Waals surface area contributed by atoms with Crippen LogP contribution in [0, 0.1) is 17.0 Å². The van der Waals surface area contributed by atoms with Gasteiger partial charge in [-0.05, 0) is 18.6 Å². The van der Waals surface area contributed by atoms with Crippen molar-refractivity contribution in [3.8, 4) is 5.75 Å². The van der Waals surface area contributed by atoms with Gasteiger partial charge in [0.25, 0.3) is 0 Å². The summed E-state index contributed by atoms with van der Waals surface area (Å²) in [6.07, 6.45) is 2.65. The summed E-state index contributed by atoms with van der Waals surface area (Å²) in [6.45, 7) is 1.70. The molecule has 4 rings (SSSR count). The molecule has 0 saturated carbocycles. The summed E-state index contributed by atoms with van der Waals surface area (Å²) < 4.78 is 5.08. The number of amides is 1. The van der Waals surface area contributed by atoms with E-state index in [-0.39, 0.29) is 29.1 Å². The quantitative estimate of drug-likeness (QED) is 0.572. The first kappa shape index (κ1) is 19.9. The average Bonchev–Trinajstić information content (AvgIpc) is 3.23. The molecule has 0 aromatic heterocycles. The number of ether oxygens (including phenoxy) is 1. The molecule has 0 spiro atoms. The van der Waals surface area contributed by atoms with Gasteiger partial charge in [-0.25, -0.2) is 10.0 Å². The average molecular weight is 425 g/mol. The van der Waals surface area contributed by atoms with Crippen LogP contribution in [0.25, 0.3) is 0 Å². The van der Waals surface area contributed by atoms with Gasteiger partial charge in [0.15, 0.2) is 10.9 Å². The van der Waals surface area contributed by atoms with Crippen molar-refractivity contribution in [2.24, 2.45) is 10.1 Å². The zero-order chi connectivity index (χ0) is 21.3. The van der Waals surface area contributed by atoms with Gasteiger partial charge in [-0.2, -0.15) is 5.10 Å². The molecule has 0 bridgehead atoms. The predicted molar refractivity (Wildman–Crippen MR) is 117 cm³/mol. The number of aliphatic imine (C=N–C) groups is 1. The van der Waals surface area contributed by atoms with E-state index >= 15 is 0 Å². The fourth-order valence-electron chi connectivity index (χ4n) is 3.41. The fourth-order valence-corrected chi connectivity index (χ4v) is 4.21. The van der Waals surface area contributed by atoms with Crippen molar-refractivity contribution in [2.45, 2.75) is 19.4 Å². The number of nitro groups is 1. The van der Waals surface area contributed by atoms with Crippen LogP contribution in [0.2, 0.25) is 0 Å². The number of rotatable bonds is 5. The highest BCUT2D eigenvalue weighted by Crippen LogP contribution is 2.41. The maximum atomic E-state index is 12.5. The number of carbonyl (C=O) groups excluding carboxylic acids is 1. The van der Waals surface area contributed by atoms with Crippen LogP contribution < -0.4 is 10.1 Å². The molecule has 0 fully saturated rings. The summed E-state index contributed by atoms with van der Waals surface area (Å²) in [5.41, 5.74) is 2.92. The lowest BCUT2D eigenvalue weighted by Gasteiger charge is -2.29. The number of hydrazone groups is 1. The van der Waals surface area contributed by atoms with Gasteiger partial charge in [-0.1, -0.05) is 30.0 Å². The predicted octanol–water partition coefficient (Wildman–Crippen LogP) is 4.02. The second-order valence-corrected chi connectivity index (χ2v) is 7.72. The number of methoxy groups -OCH3 is 1. The number of para-hydroxylation sites is 1. The van der Waals surface area contributed by atoms with Gasteiger partial charge in [-0.15, -0.1) is 0 Å². The first-order valence-electron chi connectivity index (χ1n) is 9.23. The van der Waals surface area contributed by atoms with Crippen LogP contribution in [0.3, 0.4) is 0 Å². The molecule has 2 aliphatic heterocycles. The minimum absolute atomic E-state index is 0.0936. The third kappa shape index (κ3) is 3.73. The van der Waals surface area contributed by atoms with Gasteiger partial charge in [0, 0.05) is 36.0 Å². The van der Waals surface area contributed by atoms with E-state index in [1.165, 1.54) is 31.0 Å². The number of amidine groups is 1. The van der Waals surface area contributed by atoms with E-state index in [0.29, 0.717) is 16.4 Å². The van der Waals surface area contributed by atoms with E-state index in [9.17, 15) is 14.9 Å². The zero-order valence-electron chi connectivity index (χ0n) is 16.4. The SMILES string of the molecule is COc1cc(NC(=O)CSC2=Nc3ccccc3C3CC=NN23)c(C)cc1[N+](=O)[O-]. The number of aryl methyl sites for hydroxylation is 1. The summed E-state index contributed by atoms with van der Waals surface area (Å²) in [5, 5.41) is 20.8. The lowest BCUT2D eigenvalue weighted by molar-refractivity contribution is -0.385. The van der Waals surface area contributed by atoms with Crippen LogP contribution in [-0.4, -0.2) is 40.1 Å². The Bertz CT molecular complexity index is 1080. The first-order valence-corrected chi connectivity index (χ1v) is 10.2. The lowest BCUT2D eigenvalue weighted by atomic mass is 10.0. The minimum Gasteiger partial charge on any atom is -0.490 e. The van der Waals surface area contributed by atoms with E-state index in [2.05, 4.69) is 15.4 Å². The van der Waals surface area contributed by atoms with Gasteiger partial charge in [0.1, 0.15) is 0 Å². The van der Waals surface area contributed by atoms with Gasteiger partial charge >= 0.3 is 5.69 Å². The molecule has 30 heavy (non-hydrogen) atoms. The Morgan fingerprint density at radius 1 is 1.40 bits per heavy atom. The van der Waals surface area contributed by atoms with Crippen LogP contribution in [0.4, 0.5) is 17.1 Å². The third-order valence-corrected chi connectivity index (χ3v) is 5.81. The highest BCUT2D eigenvalue weighted by atomic mass is 32.2.